The summed E-state index contributed by atoms with van der Waals surface area (Å²) in [6.45, 7) is -1.37. The van der Waals surface area contributed by atoms with Crippen molar-refractivity contribution >= 4 is 10.0 Å². The van der Waals surface area contributed by atoms with E-state index in [1.54, 1.807) is 36.9 Å². The van der Waals surface area contributed by atoms with Gasteiger partial charge >= 0.3 is 6.18 Å². The predicted molar refractivity (Wildman–Crippen MR) is 115 cm³/mol. The quantitative estimate of drug-likeness (QED) is 0.563. The summed E-state index contributed by atoms with van der Waals surface area (Å²) in [6.07, 6.45) is 2.47. The van der Waals surface area contributed by atoms with Gasteiger partial charge in [-0.2, -0.15) is 13.2 Å². The van der Waals surface area contributed by atoms with E-state index in [1.807, 2.05) is 4.57 Å². The minimum Gasteiger partial charge on any atom is -0.484 e. The van der Waals surface area contributed by atoms with E-state index < -0.39 is 22.8 Å². The molecule has 1 aliphatic rings. The van der Waals surface area contributed by atoms with Crippen LogP contribution in [-0.2, 0) is 10.0 Å². The fourth-order valence-corrected chi connectivity index (χ4v) is 4.88. The van der Waals surface area contributed by atoms with Crippen molar-refractivity contribution in [2.45, 2.75) is 48.7 Å². The summed E-state index contributed by atoms with van der Waals surface area (Å²) < 4.78 is 68.0. The van der Waals surface area contributed by atoms with Crippen LogP contribution in [0.2, 0.25) is 0 Å². The van der Waals surface area contributed by atoms with Crippen LogP contribution >= 0.6 is 0 Å². The Bertz CT molecular complexity index is 1200. The van der Waals surface area contributed by atoms with E-state index in [0.29, 0.717) is 0 Å². The largest absolute Gasteiger partial charge is 0.484 e. The van der Waals surface area contributed by atoms with E-state index in [4.69, 9.17) is 9.88 Å². The maximum Gasteiger partial charge on any atom is 0.422 e. The molecule has 0 saturated heterocycles. The molecule has 7 nitrogen and oxygen atoms in total. The Morgan fingerprint density at radius 3 is 2.39 bits per heavy atom. The van der Waals surface area contributed by atoms with Crippen LogP contribution in [0.4, 0.5) is 13.2 Å². The summed E-state index contributed by atoms with van der Waals surface area (Å²) in [5.74, 6) is 0.160. The van der Waals surface area contributed by atoms with Crippen molar-refractivity contribution in [3.05, 3.63) is 60.7 Å². The summed E-state index contributed by atoms with van der Waals surface area (Å²) in [6, 6.07) is 11.2. The van der Waals surface area contributed by atoms with Crippen LogP contribution in [0.25, 0.3) is 11.1 Å². The third-order valence-electron chi connectivity index (χ3n) is 5.86. The second-order valence-electron chi connectivity index (χ2n) is 8.15. The lowest BCUT2D eigenvalue weighted by molar-refractivity contribution is -0.153. The highest BCUT2D eigenvalue weighted by molar-refractivity contribution is 7.89. The van der Waals surface area contributed by atoms with Gasteiger partial charge in [0.25, 0.3) is 0 Å². The van der Waals surface area contributed by atoms with Gasteiger partial charge in [-0.1, -0.05) is 24.6 Å². The molecule has 0 bridgehead atoms. The third kappa shape index (κ3) is 5.72. The zero-order chi connectivity index (χ0) is 23.6. The highest BCUT2D eigenvalue weighted by Gasteiger charge is 2.29. The smallest absolute Gasteiger partial charge is 0.422 e. The minimum absolute atomic E-state index is 0.0257. The van der Waals surface area contributed by atoms with Crippen molar-refractivity contribution in [3.8, 4) is 16.9 Å². The number of aromatic nitrogens is 3. The summed E-state index contributed by atoms with van der Waals surface area (Å²) in [5, 5.41) is 13.1. The highest BCUT2D eigenvalue weighted by Crippen LogP contribution is 2.43. The van der Waals surface area contributed by atoms with Crippen LogP contribution in [0.1, 0.15) is 43.2 Å². The molecule has 176 valence electrons. The van der Waals surface area contributed by atoms with E-state index in [9.17, 15) is 21.6 Å². The van der Waals surface area contributed by atoms with Crippen LogP contribution in [0.15, 0.2) is 60.0 Å². The lowest BCUT2D eigenvalue weighted by Crippen LogP contribution is -2.19. The number of hydrogen-bond donors (Lipinski definition) is 1. The van der Waals surface area contributed by atoms with Crippen molar-refractivity contribution < 1.29 is 26.3 Å². The predicted octanol–water partition coefficient (Wildman–Crippen LogP) is 4.43. The Balaban J connectivity index is 1.67. The summed E-state index contributed by atoms with van der Waals surface area (Å²) in [7, 11) is -3.90. The van der Waals surface area contributed by atoms with Gasteiger partial charge in [-0.3, -0.25) is 0 Å². The molecule has 11 heteroatoms. The van der Waals surface area contributed by atoms with Crippen LogP contribution in [-0.4, -0.2) is 36.0 Å². The summed E-state index contributed by atoms with van der Waals surface area (Å²) in [5.41, 5.74) is 2.39. The maximum absolute atomic E-state index is 12.4. The number of ether oxygens (including phenoxy) is 1. The molecular weight excluding hydrogens is 457 g/mol. The number of halogens is 3. The molecule has 0 radical (unpaired) electrons. The number of benzene rings is 2. The monoisotopic (exact) mass is 480 g/mol. The van der Waals surface area contributed by atoms with E-state index in [-0.39, 0.29) is 22.6 Å². The van der Waals surface area contributed by atoms with Gasteiger partial charge in [-0.15, -0.1) is 10.2 Å². The van der Waals surface area contributed by atoms with Gasteiger partial charge in [0.2, 0.25) is 10.0 Å². The summed E-state index contributed by atoms with van der Waals surface area (Å²) in [4.78, 5) is 0.0257. The zero-order valence-electron chi connectivity index (χ0n) is 17.6. The van der Waals surface area contributed by atoms with Crippen LogP contribution in [0.3, 0.4) is 0 Å². The van der Waals surface area contributed by atoms with Crippen LogP contribution in [0, 0.1) is 0 Å². The SMILES string of the molecule is NS(=O)(=O)c1ccc(-c2ccc(OCC(F)(F)F)cc2)c([C@H]2CCC[C@@H](n3cnnc3)C2)c1. The Labute approximate surface area is 189 Å². The number of alkyl halides is 3. The fraction of sp³-hybridized carbons (Fsp3) is 0.364. The lowest BCUT2D eigenvalue weighted by atomic mass is 9.78. The lowest BCUT2D eigenvalue weighted by Gasteiger charge is -2.31. The van der Waals surface area contributed by atoms with E-state index >= 15 is 0 Å². The molecule has 1 aliphatic carbocycles. The third-order valence-corrected chi connectivity index (χ3v) is 6.77. The topological polar surface area (TPSA) is 100 Å². The van der Waals surface area contributed by atoms with Gasteiger partial charge in [0.1, 0.15) is 18.4 Å². The number of rotatable bonds is 6. The van der Waals surface area contributed by atoms with Gasteiger partial charge < -0.3 is 9.30 Å². The first-order valence-corrected chi connectivity index (χ1v) is 12.0. The fourth-order valence-electron chi connectivity index (χ4n) is 4.33. The summed E-state index contributed by atoms with van der Waals surface area (Å²) >= 11 is 0. The van der Waals surface area contributed by atoms with Gasteiger partial charge in [0, 0.05) is 6.04 Å². The van der Waals surface area contributed by atoms with Crippen molar-refractivity contribution in [2.24, 2.45) is 5.14 Å². The number of sulfonamides is 1. The molecule has 2 atom stereocenters. The van der Waals surface area contributed by atoms with Crippen LogP contribution in [0.5, 0.6) is 5.75 Å². The average Bonchev–Trinajstić information content (AvgIpc) is 3.32. The first-order chi connectivity index (χ1) is 15.6. The van der Waals surface area contributed by atoms with Crippen molar-refractivity contribution in [1.82, 2.24) is 14.8 Å². The van der Waals surface area contributed by atoms with Gasteiger partial charge in [-0.05, 0) is 66.1 Å². The van der Waals surface area contributed by atoms with Crippen molar-refractivity contribution in [3.63, 3.8) is 0 Å². The number of hydrogen-bond acceptors (Lipinski definition) is 5. The molecule has 3 aromatic rings. The molecule has 0 aliphatic heterocycles. The second-order valence-corrected chi connectivity index (χ2v) is 9.71. The van der Waals surface area contributed by atoms with Crippen LogP contribution < -0.4 is 9.88 Å². The van der Waals surface area contributed by atoms with Crippen molar-refractivity contribution in [2.75, 3.05) is 6.61 Å². The molecule has 0 unspecified atom stereocenters. The standard InChI is InChI=1S/C22H23F3N4O3S/c23-22(24,25)12-32-18-6-4-15(5-7-18)20-9-8-19(33(26,30)31)11-21(20)16-2-1-3-17(10-16)29-13-27-28-14-29/h4-9,11,13-14,16-17H,1-3,10,12H2,(H2,26,30,31)/t16-,17+/m0/s1. The number of nitrogens with two attached hydrogens (primary N) is 1. The molecule has 0 spiro atoms. The number of primary sulfonamides is 1. The van der Waals surface area contributed by atoms with E-state index in [0.717, 1.165) is 42.4 Å². The first-order valence-electron chi connectivity index (χ1n) is 10.4. The van der Waals surface area contributed by atoms with E-state index in [1.165, 1.54) is 18.2 Å². The normalized spacial score (nSPS) is 19.4. The Morgan fingerprint density at radius 1 is 1.06 bits per heavy atom. The van der Waals surface area contributed by atoms with E-state index in [2.05, 4.69) is 10.2 Å². The Hall–Kier alpha value is -2.92. The molecule has 1 aromatic heterocycles. The second kappa shape index (κ2) is 9.14. The molecule has 2 N–H and O–H groups in total. The molecule has 33 heavy (non-hydrogen) atoms. The molecule has 1 fully saturated rings. The molecular formula is C22H23F3N4O3S. The molecule has 4 rings (SSSR count). The Kier molecular flexibility index (Phi) is 6.44. The van der Waals surface area contributed by atoms with Gasteiger partial charge in [0.15, 0.2) is 6.61 Å². The maximum atomic E-state index is 12.4. The molecule has 2 aromatic carbocycles. The zero-order valence-corrected chi connectivity index (χ0v) is 18.4. The minimum atomic E-state index is -4.42. The molecule has 1 heterocycles. The average molecular weight is 481 g/mol. The van der Waals surface area contributed by atoms with Gasteiger partial charge in [0.05, 0.1) is 4.90 Å². The number of nitrogens with zero attached hydrogens (tertiary/aromatic N) is 3. The Morgan fingerprint density at radius 2 is 1.76 bits per heavy atom. The molecule has 1 saturated carbocycles. The highest BCUT2D eigenvalue weighted by atomic mass is 32.2. The van der Waals surface area contributed by atoms with Crippen molar-refractivity contribution in [1.29, 1.82) is 0 Å². The molecule has 0 amide bonds. The van der Waals surface area contributed by atoms with Gasteiger partial charge in [-0.25, -0.2) is 13.6 Å². The first kappa shape index (κ1) is 23.2.